The van der Waals surface area contributed by atoms with Gasteiger partial charge in [-0.05, 0) is 45.6 Å². The minimum absolute atomic E-state index is 0.209. The number of ether oxygens (including phenoxy) is 1. The quantitative estimate of drug-likeness (QED) is 0.594. The number of carbonyl (C=O) groups excluding carboxylic acids is 2. The van der Waals surface area contributed by atoms with Crippen molar-refractivity contribution in [3.05, 3.63) is 36.2 Å². The summed E-state index contributed by atoms with van der Waals surface area (Å²) in [7, 11) is 3.87. The fraction of sp³-hybridized carbons (Fsp3) is 0.478. The van der Waals surface area contributed by atoms with Crippen molar-refractivity contribution in [1.82, 2.24) is 20.2 Å². The molecule has 194 valence electrons. The molecule has 1 fully saturated rings. The minimum atomic E-state index is -4.59. The minimum Gasteiger partial charge on any atom is -0.492 e. The van der Waals surface area contributed by atoms with Crippen LogP contribution in [0, 0.1) is 0 Å². The highest BCUT2D eigenvalue weighted by Gasteiger charge is 2.41. The van der Waals surface area contributed by atoms with E-state index in [1.54, 1.807) is 18.2 Å². The van der Waals surface area contributed by atoms with E-state index < -0.39 is 24.2 Å². The van der Waals surface area contributed by atoms with Gasteiger partial charge >= 0.3 is 12.2 Å². The number of amides is 3. The topological polar surface area (TPSA) is 103 Å². The summed E-state index contributed by atoms with van der Waals surface area (Å²) >= 11 is 0. The predicted octanol–water partition coefficient (Wildman–Crippen LogP) is 2.73. The SMILES string of the molecule is C[C@@H](NC(=O)c1ccc2c(n1)N(C(=O)Nc1cc(OCCN(C)C)ccn1)[C@H]1CCN2C1)C(F)(F)F. The molecule has 2 aliphatic rings. The van der Waals surface area contributed by atoms with Gasteiger partial charge in [0.05, 0.1) is 11.7 Å². The number of alkyl halides is 3. The van der Waals surface area contributed by atoms with E-state index in [4.69, 9.17) is 4.74 Å². The number of carbonyl (C=O) groups is 2. The summed E-state index contributed by atoms with van der Waals surface area (Å²) in [5.41, 5.74) is 0.424. The van der Waals surface area contributed by atoms with E-state index in [0.29, 0.717) is 37.6 Å². The van der Waals surface area contributed by atoms with Crippen LogP contribution >= 0.6 is 0 Å². The Labute approximate surface area is 206 Å². The number of rotatable bonds is 7. The molecule has 2 N–H and O–H groups in total. The first kappa shape index (κ1) is 25.5. The summed E-state index contributed by atoms with van der Waals surface area (Å²) in [6.07, 6.45) is -2.39. The number of hydrogen-bond acceptors (Lipinski definition) is 7. The maximum atomic E-state index is 13.3. The van der Waals surface area contributed by atoms with Crippen molar-refractivity contribution in [3.63, 3.8) is 0 Å². The van der Waals surface area contributed by atoms with Crippen molar-refractivity contribution >= 4 is 29.3 Å². The normalized spacial score (nSPS) is 17.6. The van der Waals surface area contributed by atoms with Crippen LogP contribution in [0.25, 0.3) is 0 Å². The highest BCUT2D eigenvalue weighted by atomic mass is 19.4. The molecule has 2 aromatic heterocycles. The van der Waals surface area contributed by atoms with E-state index in [1.165, 1.54) is 17.2 Å². The maximum absolute atomic E-state index is 13.3. The van der Waals surface area contributed by atoms with Crippen molar-refractivity contribution in [3.8, 4) is 5.75 Å². The van der Waals surface area contributed by atoms with E-state index in [0.717, 1.165) is 13.5 Å². The van der Waals surface area contributed by atoms with Crippen LogP contribution in [0.15, 0.2) is 30.5 Å². The van der Waals surface area contributed by atoms with Gasteiger partial charge in [0.15, 0.2) is 5.82 Å². The summed E-state index contributed by atoms with van der Waals surface area (Å²) in [4.78, 5) is 39.8. The van der Waals surface area contributed by atoms with Gasteiger partial charge in [-0.3, -0.25) is 15.0 Å². The third kappa shape index (κ3) is 5.61. The summed E-state index contributed by atoms with van der Waals surface area (Å²) in [6, 6.07) is 3.50. The monoisotopic (exact) mass is 507 g/mol. The van der Waals surface area contributed by atoms with Gasteiger partial charge in [0.25, 0.3) is 5.91 Å². The number of likely N-dealkylation sites (N-methyl/N-ethyl adjacent to an activating group) is 1. The molecule has 1 saturated heterocycles. The molecule has 4 rings (SSSR count). The second-order valence-corrected chi connectivity index (χ2v) is 8.99. The van der Waals surface area contributed by atoms with Crippen LogP contribution in [0.1, 0.15) is 23.8 Å². The number of hydrogen-bond donors (Lipinski definition) is 2. The van der Waals surface area contributed by atoms with Gasteiger partial charge < -0.3 is 19.9 Å². The lowest BCUT2D eigenvalue weighted by atomic mass is 10.1. The zero-order chi connectivity index (χ0) is 26.0. The Kier molecular flexibility index (Phi) is 7.20. The van der Waals surface area contributed by atoms with Gasteiger partial charge in [0, 0.05) is 31.9 Å². The van der Waals surface area contributed by atoms with Gasteiger partial charge in [-0.1, -0.05) is 0 Å². The van der Waals surface area contributed by atoms with Crippen LogP contribution in [0.4, 0.5) is 35.3 Å². The summed E-state index contributed by atoms with van der Waals surface area (Å²) < 4.78 is 44.4. The molecule has 0 spiro atoms. The Bertz CT molecular complexity index is 1130. The van der Waals surface area contributed by atoms with Gasteiger partial charge in [-0.25, -0.2) is 14.8 Å². The average Bonchev–Trinajstić information content (AvgIpc) is 3.22. The van der Waals surface area contributed by atoms with E-state index in [1.807, 2.05) is 29.2 Å². The largest absolute Gasteiger partial charge is 0.492 e. The number of nitrogens with one attached hydrogen (secondary N) is 2. The van der Waals surface area contributed by atoms with Crippen LogP contribution in [0.2, 0.25) is 0 Å². The van der Waals surface area contributed by atoms with Crippen molar-refractivity contribution in [2.45, 2.75) is 31.6 Å². The van der Waals surface area contributed by atoms with Crippen LogP contribution in [0.3, 0.4) is 0 Å². The number of fused-ring (bicyclic) bond motifs is 4. The van der Waals surface area contributed by atoms with E-state index >= 15 is 0 Å². The zero-order valence-electron chi connectivity index (χ0n) is 20.2. The molecule has 2 aromatic rings. The Balaban J connectivity index is 1.54. The first-order valence-electron chi connectivity index (χ1n) is 11.5. The van der Waals surface area contributed by atoms with E-state index in [2.05, 4.69) is 15.3 Å². The Hall–Kier alpha value is -3.61. The molecule has 10 nitrogen and oxygen atoms in total. The molecule has 0 saturated carbocycles. The molecule has 0 radical (unpaired) electrons. The van der Waals surface area contributed by atoms with E-state index in [-0.39, 0.29) is 23.4 Å². The van der Waals surface area contributed by atoms with Crippen molar-refractivity contribution in [2.24, 2.45) is 0 Å². The van der Waals surface area contributed by atoms with Crippen LogP contribution < -0.4 is 25.2 Å². The highest BCUT2D eigenvalue weighted by molar-refractivity contribution is 6.05. The Morgan fingerprint density at radius 2 is 2.06 bits per heavy atom. The summed E-state index contributed by atoms with van der Waals surface area (Å²) in [6.45, 7) is 3.31. The molecule has 2 aliphatic heterocycles. The zero-order valence-corrected chi connectivity index (χ0v) is 20.2. The summed E-state index contributed by atoms with van der Waals surface area (Å²) in [5, 5.41) is 4.66. The lowest BCUT2D eigenvalue weighted by Gasteiger charge is -2.35. The lowest BCUT2D eigenvalue weighted by Crippen LogP contribution is -2.49. The number of aromatic nitrogens is 2. The molecule has 3 amide bonds. The van der Waals surface area contributed by atoms with E-state index in [9.17, 15) is 22.8 Å². The van der Waals surface area contributed by atoms with Gasteiger partial charge in [0.2, 0.25) is 0 Å². The smallest absolute Gasteiger partial charge is 0.408 e. The number of urea groups is 1. The molecular formula is C23H28F3N7O3. The lowest BCUT2D eigenvalue weighted by molar-refractivity contribution is -0.149. The van der Waals surface area contributed by atoms with Crippen molar-refractivity contribution < 1.29 is 27.5 Å². The second kappa shape index (κ2) is 10.2. The fourth-order valence-corrected chi connectivity index (χ4v) is 4.04. The predicted molar refractivity (Wildman–Crippen MR) is 128 cm³/mol. The molecule has 4 heterocycles. The first-order chi connectivity index (χ1) is 17.0. The Morgan fingerprint density at radius 1 is 1.28 bits per heavy atom. The van der Waals surface area contributed by atoms with Crippen LogP contribution in [0.5, 0.6) is 5.75 Å². The third-order valence-corrected chi connectivity index (χ3v) is 6.02. The van der Waals surface area contributed by atoms with Crippen molar-refractivity contribution in [2.75, 3.05) is 55.5 Å². The Morgan fingerprint density at radius 3 is 2.78 bits per heavy atom. The third-order valence-electron chi connectivity index (χ3n) is 6.02. The molecule has 0 aliphatic carbocycles. The van der Waals surface area contributed by atoms with Crippen LogP contribution in [-0.2, 0) is 0 Å². The second-order valence-electron chi connectivity index (χ2n) is 8.99. The van der Waals surface area contributed by atoms with Gasteiger partial charge in [-0.2, -0.15) is 13.2 Å². The van der Waals surface area contributed by atoms with Gasteiger partial charge in [0.1, 0.15) is 29.9 Å². The standard InChI is InChI=1S/C23H28F3N7O3/c1-14(23(24,25)26)28-21(34)17-4-5-18-20(29-17)33(15-7-9-32(18)13-15)22(35)30-19-12-16(6-8-27-19)36-11-10-31(2)3/h4-6,8,12,14-15H,7,9-11,13H2,1-3H3,(H,28,34)(H,27,30,35)/t14-,15+/m1/s1. The molecule has 36 heavy (non-hydrogen) atoms. The van der Waals surface area contributed by atoms with Crippen molar-refractivity contribution in [1.29, 1.82) is 0 Å². The van der Waals surface area contributed by atoms with Crippen LogP contribution in [-0.4, -0.2) is 85.4 Å². The molecule has 0 aromatic carbocycles. The maximum Gasteiger partial charge on any atom is 0.408 e. The molecule has 2 bridgehead atoms. The average molecular weight is 508 g/mol. The molecule has 2 atom stereocenters. The highest BCUT2D eigenvalue weighted by Crippen LogP contribution is 2.39. The molecule has 0 unspecified atom stereocenters. The number of nitrogens with zero attached hydrogens (tertiary/aromatic N) is 5. The summed E-state index contributed by atoms with van der Waals surface area (Å²) in [5.74, 6) is 0.0634. The molecule has 13 heteroatoms. The fourth-order valence-electron chi connectivity index (χ4n) is 4.04. The molecular weight excluding hydrogens is 479 g/mol. The number of halogens is 3. The number of pyridine rings is 2. The number of anilines is 3. The van der Waals surface area contributed by atoms with Gasteiger partial charge in [-0.15, -0.1) is 0 Å². The first-order valence-corrected chi connectivity index (χ1v) is 11.5.